The summed E-state index contributed by atoms with van der Waals surface area (Å²) in [6, 6.07) is 0.506. The number of aromatic nitrogens is 3. The quantitative estimate of drug-likeness (QED) is 0.272. The highest BCUT2D eigenvalue weighted by atomic mass is 35.5. The lowest BCUT2D eigenvalue weighted by molar-refractivity contribution is -0.137. The normalized spacial score (nSPS) is 27.7. The summed E-state index contributed by atoms with van der Waals surface area (Å²) >= 11 is 6.80. The molecule has 0 unspecified atom stereocenters. The molecule has 0 bridgehead atoms. The van der Waals surface area contributed by atoms with Crippen molar-refractivity contribution in [2.24, 2.45) is 0 Å². The van der Waals surface area contributed by atoms with Gasteiger partial charge in [0.1, 0.15) is 35.5 Å². The zero-order chi connectivity index (χ0) is 32.1. The highest BCUT2D eigenvalue weighted by Crippen LogP contribution is 2.53. The Morgan fingerprint density at radius 1 is 1.24 bits per heavy atom. The lowest BCUT2D eigenvalue weighted by atomic mass is 9.75. The molecule has 2 aromatic heterocycles. The molecule has 1 saturated carbocycles. The van der Waals surface area contributed by atoms with Gasteiger partial charge in [-0.1, -0.05) is 11.6 Å². The molecule has 0 amide bonds. The molecule has 2 atom stereocenters. The molecular formula is C30H29ClF5N7O2. The molecule has 0 radical (unpaired) electrons. The van der Waals surface area contributed by atoms with Crippen molar-refractivity contribution >= 4 is 34.1 Å². The molecule has 9 nitrogen and oxygen atoms in total. The molecule has 4 aliphatic rings. The van der Waals surface area contributed by atoms with Crippen LogP contribution in [0.15, 0.2) is 6.07 Å². The van der Waals surface area contributed by atoms with Gasteiger partial charge in [0.15, 0.2) is 11.6 Å². The number of nitrogens with zero attached hydrogens (tertiary/aromatic N) is 6. The second-order valence-corrected chi connectivity index (χ2v) is 13.0. The van der Waals surface area contributed by atoms with Crippen LogP contribution >= 0.6 is 11.6 Å². The minimum atomic E-state index is -4.93. The van der Waals surface area contributed by atoms with Crippen LogP contribution in [0.2, 0.25) is 5.02 Å². The van der Waals surface area contributed by atoms with Gasteiger partial charge in [-0.25, -0.2) is 20.3 Å². The summed E-state index contributed by atoms with van der Waals surface area (Å²) in [5.74, 6) is -1.35. The number of rotatable bonds is 4. The van der Waals surface area contributed by atoms with Crippen molar-refractivity contribution in [3.05, 3.63) is 39.5 Å². The highest BCUT2D eigenvalue weighted by molar-refractivity contribution is 6.36. The van der Waals surface area contributed by atoms with Gasteiger partial charge in [-0.2, -0.15) is 23.1 Å². The second kappa shape index (κ2) is 10.2. The number of anilines is 2. The number of benzene rings is 1. The van der Waals surface area contributed by atoms with Crippen molar-refractivity contribution in [1.29, 1.82) is 0 Å². The van der Waals surface area contributed by atoms with E-state index in [1.54, 1.807) is 11.9 Å². The van der Waals surface area contributed by atoms with Gasteiger partial charge in [-0.15, -0.1) is 0 Å². The third kappa shape index (κ3) is 4.69. The molecule has 1 aromatic carbocycles. The number of pyridine rings is 1. The fraction of sp³-hybridized carbons (Fsp3) is 0.533. The van der Waals surface area contributed by atoms with E-state index in [1.807, 2.05) is 4.90 Å². The Bertz CT molecular complexity index is 1780. The van der Waals surface area contributed by atoms with Crippen LogP contribution in [0.25, 0.3) is 27.0 Å². The topological polar surface area (TPSA) is 94.0 Å². The first-order valence-corrected chi connectivity index (χ1v) is 15.0. The van der Waals surface area contributed by atoms with Gasteiger partial charge in [0, 0.05) is 20.0 Å². The minimum Gasteiger partial charge on any atom is -0.482 e. The average Bonchev–Trinajstić information content (AvgIpc) is 3.41. The molecule has 1 aliphatic carbocycles. The van der Waals surface area contributed by atoms with E-state index in [1.165, 1.54) is 6.92 Å². The zero-order valence-corrected chi connectivity index (χ0v) is 25.2. The summed E-state index contributed by atoms with van der Waals surface area (Å²) in [6.45, 7) is 9.97. The molecule has 3 fully saturated rings. The lowest BCUT2D eigenvalue weighted by Gasteiger charge is -2.42. The summed E-state index contributed by atoms with van der Waals surface area (Å²) in [6.07, 6.45) is -3.41. The number of fused-ring (bicyclic) bond motifs is 1. The maximum atomic E-state index is 16.8. The molecule has 45 heavy (non-hydrogen) atoms. The van der Waals surface area contributed by atoms with Gasteiger partial charge in [0.25, 0.3) is 0 Å². The smallest absolute Gasteiger partial charge is 0.418 e. The summed E-state index contributed by atoms with van der Waals surface area (Å²) in [7, 11) is 1.71. The Hall–Kier alpha value is -3.70. The summed E-state index contributed by atoms with van der Waals surface area (Å²) < 4.78 is 86.9. The lowest BCUT2D eigenvalue weighted by Crippen LogP contribution is -2.56. The van der Waals surface area contributed by atoms with Gasteiger partial charge >= 0.3 is 12.2 Å². The predicted molar refractivity (Wildman–Crippen MR) is 157 cm³/mol. The molecule has 15 heteroatoms. The van der Waals surface area contributed by atoms with Gasteiger partial charge < -0.3 is 25.0 Å². The van der Waals surface area contributed by atoms with E-state index in [4.69, 9.17) is 33.4 Å². The van der Waals surface area contributed by atoms with Crippen LogP contribution in [0.4, 0.5) is 33.6 Å². The Balaban J connectivity index is 1.44. The number of nitrogen functional groups attached to an aromatic ring is 1. The Labute approximate surface area is 260 Å². The van der Waals surface area contributed by atoms with Crippen LogP contribution in [-0.2, 0) is 6.18 Å². The number of hydrogen-bond donors (Lipinski definition) is 1. The minimum absolute atomic E-state index is 0.0539. The molecule has 5 heterocycles. The van der Waals surface area contributed by atoms with Gasteiger partial charge in [0.2, 0.25) is 6.04 Å². The van der Waals surface area contributed by atoms with E-state index in [0.717, 1.165) is 19.0 Å². The largest absolute Gasteiger partial charge is 0.482 e. The number of alkyl halides is 4. The van der Waals surface area contributed by atoms with Gasteiger partial charge in [0.05, 0.1) is 52.2 Å². The Kier molecular flexibility index (Phi) is 6.76. The SMILES string of the molecule is [C-]#[N+]C1CC2(C1)CN(C)c1nc(OC[C@@]34CCCN3C[C@H](F)C4)nc3c(F)c(-c4nc(N)cc(C)c4C(F)(F)F)c(Cl)c(c13)O2. The van der Waals surface area contributed by atoms with Gasteiger partial charge in [-0.05, 0) is 37.9 Å². The van der Waals surface area contributed by atoms with Crippen molar-refractivity contribution in [3.8, 4) is 23.0 Å². The van der Waals surface area contributed by atoms with Crippen LogP contribution < -0.4 is 20.1 Å². The molecule has 1 spiro atoms. The molecule has 238 valence electrons. The fourth-order valence-electron chi connectivity index (χ4n) is 7.62. The number of nitrogens with two attached hydrogens (primary N) is 1. The van der Waals surface area contributed by atoms with Crippen LogP contribution in [0.5, 0.6) is 11.8 Å². The van der Waals surface area contributed by atoms with Crippen LogP contribution in [0.1, 0.15) is 43.2 Å². The van der Waals surface area contributed by atoms with E-state index < -0.39 is 51.1 Å². The predicted octanol–water partition coefficient (Wildman–Crippen LogP) is 6.00. The monoisotopic (exact) mass is 649 g/mol. The summed E-state index contributed by atoms with van der Waals surface area (Å²) in [4.78, 5) is 20.2. The first-order valence-electron chi connectivity index (χ1n) is 14.6. The van der Waals surface area contributed by atoms with Crippen molar-refractivity contribution in [3.63, 3.8) is 0 Å². The average molecular weight is 650 g/mol. The van der Waals surface area contributed by atoms with Crippen LogP contribution in [-0.4, -0.2) is 76.5 Å². The molecule has 2 saturated heterocycles. The molecule has 2 N–H and O–H groups in total. The van der Waals surface area contributed by atoms with E-state index in [0.29, 0.717) is 25.8 Å². The highest BCUT2D eigenvalue weighted by Gasteiger charge is 2.54. The number of likely N-dealkylation sites (N-methyl/N-ethyl adjacent to an activating group) is 1. The molecule has 7 rings (SSSR count). The number of aryl methyl sites for hydroxylation is 1. The Morgan fingerprint density at radius 3 is 2.71 bits per heavy atom. The third-order valence-electron chi connectivity index (χ3n) is 9.53. The van der Waals surface area contributed by atoms with E-state index in [9.17, 15) is 17.6 Å². The molecule has 3 aromatic rings. The van der Waals surface area contributed by atoms with Crippen LogP contribution in [0, 0.1) is 19.3 Å². The van der Waals surface area contributed by atoms with Crippen molar-refractivity contribution < 1.29 is 31.4 Å². The first kappa shape index (κ1) is 30.0. The standard InChI is InChI=1S/C30H29ClF5N7O2/c1-14-7-17(37)39-23(20(14)30(34,35)36)18-21(31)25-19-24(22(18)33)40-27(44-13-28-5-4-6-43(28)11-15(32)8-28)41-26(19)42(3)12-29(45-25)9-16(10-29)38-2/h7,15-16H,4-6,8-13H2,1,3H3,(H2,37,39)/t15-,16?,28+,29?/m1/s1. The zero-order valence-electron chi connectivity index (χ0n) is 24.4. The van der Waals surface area contributed by atoms with E-state index in [2.05, 4.69) is 19.8 Å². The molecular weight excluding hydrogens is 621 g/mol. The maximum Gasteiger partial charge on any atom is 0.418 e. The van der Waals surface area contributed by atoms with Crippen molar-refractivity contribution in [2.75, 3.05) is 43.9 Å². The fourth-order valence-corrected chi connectivity index (χ4v) is 7.93. The Morgan fingerprint density at radius 2 is 2.00 bits per heavy atom. The first-order chi connectivity index (χ1) is 21.2. The second-order valence-electron chi connectivity index (χ2n) is 12.7. The number of hydrogen-bond acceptors (Lipinski definition) is 8. The molecule has 3 aliphatic heterocycles. The van der Waals surface area contributed by atoms with Gasteiger partial charge in [-0.3, -0.25) is 4.90 Å². The number of halogens is 6. The summed E-state index contributed by atoms with van der Waals surface area (Å²) in [5, 5.41) is -0.387. The van der Waals surface area contributed by atoms with Crippen LogP contribution in [0.3, 0.4) is 0 Å². The summed E-state index contributed by atoms with van der Waals surface area (Å²) in [5.41, 5.74) is 1.06. The van der Waals surface area contributed by atoms with Crippen molar-refractivity contribution in [1.82, 2.24) is 19.9 Å². The van der Waals surface area contributed by atoms with E-state index >= 15 is 4.39 Å². The number of ether oxygens (including phenoxy) is 2. The van der Waals surface area contributed by atoms with E-state index in [-0.39, 0.29) is 65.5 Å². The maximum absolute atomic E-state index is 16.8. The van der Waals surface area contributed by atoms with Crippen molar-refractivity contribution in [2.45, 2.75) is 68.6 Å². The third-order valence-corrected chi connectivity index (χ3v) is 9.89.